The van der Waals surface area contributed by atoms with Gasteiger partial charge in [-0.2, -0.15) is 0 Å². The van der Waals surface area contributed by atoms with Crippen LogP contribution in [0.2, 0.25) is 0 Å². The molecule has 3 nitrogen and oxygen atoms in total. The van der Waals surface area contributed by atoms with Crippen molar-refractivity contribution in [3.8, 4) is 0 Å². The first-order valence-electron chi connectivity index (χ1n) is 6.44. The number of thiazole rings is 1. The maximum absolute atomic E-state index is 5.72. The monoisotopic (exact) mass is 254 g/mol. The van der Waals surface area contributed by atoms with E-state index in [1.54, 1.807) is 11.3 Å². The number of nitrogens with zero attached hydrogens (tertiary/aromatic N) is 1. The van der Waals surface area contributed by atoms with Gasteiger partial charge in [-0.05, 0) is 38.6 Å². The average Bonchev–Trinajstić information content (AvgIpc) is 2.76. The van der Waals surface area contributed by atoms with Gasteiger partial charge in [0.15, 0.2) is 0 Å². The molecule has 0 aliphatic heterocycles. The van der Waals surface area contributed by atoms with Gasteiger partial charge in [0.25, 0.3) is 0 Å². The molecule has 1 aliphatic rings. The molecule has 1 aliphatic carbocycles. The minimum absolute atomic E-state index is 0.150. The van der Waals surface area contributed by atoms with Crippen molar-refractivity contribution in [3.05, 3.63) is 16.6 Å². The zero-order valence-electron chi connectivity index (χ0n) is 10.7. The Morgan fingerprint density at radius 1 is 1.59 bits per heavy atom. The van der Waals surface area contributed by atoms with Crippen LogP contribution < -0.4 is 5.32 Å². The SMILES string of the molecule is CCNC(Cc1cncs1)CC1(OC)CCC1. The van der Waals surface area contributed by atoms with Crippen LogP contribution >= 0.6 is 11.3 Å². The number of nitrogens with one attached hydrogen (secondary N) is 1. The Balaban J connectivity index is 1.92. The van der Waals surface area contributed by atoms with E-state index in [4.69, 9.17) is 4.74 Å². The third-order valence-corrected chi connectivity index (χ3v) is 4.54. The zero-order valence-corrected chi connectivity index (χ0v) is 11.6. The van der Waals surface area contributed by atoms with Gasteiger partial charge < -0.3 is 10.1 Å². The topological polar surface area (TPSA) is 34.2 Å². The summed E-state index contributed by atoms with van der Waals surface area (Å²) in [5.41, 5.74) is 2.06. The fourth-order valence-corrected chi connectivity index (χ4v) is 3.28. The van der Waals surface area contributed by atoms with Gasteiger partial charge in [0.05, 0.1) is 11.1 Å². The molecule has 0 aromatic carbocycles. The first kappa shape index (κ1) is 13.0. The molecule has 0 amide bonds. The Bertz CT molecular complexity index is 317. The molecule has 1 N–H and O–H groups in total. The summed E-state index contributed by atoms with van der Waals surface area (Å²) in [6.07, 6.45) is 7.92. The Morgan fingerprint density at radius 2 is 2.41 bits per heavy atom. The second-order valence-corrected chi connectivity index (χ2v) is 5.84. The first-order valence-corrected chi connectivity index (χ1v) is 7.32. The van der Waals surface area contributed by atoms with E-state index in [9.17, 15) is 0 Å². The highest BCUT2D eigenvalue weighted by molar-refractivity contribution is 7.09. The van der Waals surface area contributed by atoms with Crippen LogP contribution in [0.4, 0.5) is 0 Å². The lowest BCUT2D eigenvalue weighted by molar-refractivity contribution is -0.0832. The van der Waals surface area contributed by atoms with Crippen LogP contribution in [0.3, 0.4) is 0 Å². The van der Waals surface area contributed by atoms with E-state index in [0.29, 0.717) is 6.04 Å². The molecule has 1 unspecified atom stereocenters. The summed E-state index contributed by atoms with van der Waals surface area (Å²) in [6.45, 7) is 3.18. The number of aromatic nitrogens is 1. The number of hydrogen-bond donors (Lipinski definition) is 1. The predicted molar refractivity (Wildman–Crippen MR) is 71.5 cm³/mol. The molecule has 96 valence electrons. The molecule has 1 heterocycles. The second kappa shape index (κ2) is 5.94. The smallest absolute Gasteiger partial charge is 0.0794 e. The zero-order chi connectivity index (χ0) is 12.1. The minimum atomic E-state index is 0.150. The third kappa shape index (κ3) is 3.27. The van der Waals surface area contributed by atoms with E-state index < -0.39 is 0 Å². The van der Waals surface area contributed by atoms with Gasteiger partial charge >= 0.3 is 0 Å². The lowest BCUT2D eigenvalue weighted by Gasteiger charge is -2.43. The minimum Gasteiger partial charge on any atom is -0.378 e. The summed E-state index contributed by atoms with van der Waals surface area (Å²) in [5.74, 6) is 0. The van der Waals surface area contributed by atoms with Crippen molar-refractivity contribution in [2.24, 2.45) is 0 Å². The highest BCUT2D eigenvalue weighted by atomic mass is 32.1. The molecule has 1 saturated carbocycles. The molecule has 1 aromatic rings. The Labute approximate surface area is 108 Å². The normalized spacial score (nSPS) is 19.9. The van der Waals surface area contributed by atoms with Gasteiger partial charge in [-0.25, -0.2) is 0 Å². The van der Waals surface area contributed by atoms with E-state index in [1.165, 1.54) is 24.1 Å². The molecule has 1 atom stereocenters. The summed E-state index contributed by atoms with van der Waals surface area (Å²) in [4.78, 5) is 5.51. The van der Waals surface area contributed by atoms with E-state index in [1.807, 2.05) is 18.8 Å². The third-order valence-electron chi connectivity index (χ3n) is 3.74. The summed E-state index contributed by atoms with van der Waals surface area (Å²) >= 11 is 1.74. The van der Waals surface area contributed by atoms with Gasteiger partial charge in [-0.1, -0.05) is 6.92 Å². The van der Waals surface area contributed by atoms with Crippen molar-refractivity contribution in [1.82, 2.24) is 10.3 Å². The highest BCUT2D eigenvalue weighted by Gasteiger charge is 2.38. The van der Waals surface area contributed by atoms with Gasteiger partial charge in [0.1, 0.15) is 0 Å². The molecular formula is C13H22N2OS. The van der Waals surface area contributed by atoms with Crippen LogP contribution in [0.25, 0.3) is 0 Å². The number of ether oxygens (including phenoxy) is 1. The lowest BCUT2D eigenvalue weighted by atomic mass is 9.75. The maximum Gasteiger partial charge on any atom is 0.0794 e. The van der Waals surface area contributed by atoms with Gasteiger partial charge in [0.2, 0.25) is 0 Å². The number of hydrogen-bond acceptors (Lipinski definition) is 4. The van der Waals surface area contributed by atoms with Crippen molar-refractivity contribution in [2.75, 3.05) is 13.7 Å². The largest absolute Gasteiger partial charge is 0.378 e. The van der Waals surface area contributed by atoms with Crippen LogP contribution in [0.15, 0.2) is 11.7 Å². The van der Waals surface area contributed by atoms with Crippen molar-refractivity contribution in [3.63, 3.8) is 0 Å². The number of rotatable bonds is 7. The molecule has 1 aromatic heterocycles. The summed E-state index contributed by atoms with van der Waals surface area (Å²) in [7, 11) is 1.86. The summed E-state index contributed by atoms with van der Waals surface area (Å²) < 4.78 is 5.72. The van der Waals surface area contributed by atoms with Crippen LogP contribution in [0.1, 0.15) is 37.5 Å². The van der Waals surface area contributed by atoms with Gasteiger partial charge in [-0.3, -0.25) is 4.98 Å². The number of likely N-dealkylation sites (N-methyl/N-ethyl adjacent to an activating group) is 1. The van der Waals surface area contributed by atoms with Gasteiger partial charge in [-0.15, -0.1) is 11.3 Å². The van der Waals surface area contributed by atoms with Crippen LogP contribution in [-0.2, 0) is 11.2 Å². The second-order valence-electron chi connectivity index (χ2n) is 4.87. The van der Waals surface area contributed by atoms with Crippen molar-refractivity contribution < 1.29 is 4.74 Å². The Kier molecular flexibility index (Phi) is 4.54. The average molecular weight is 254 g/mol. The molecule has 0 saturated heterocycles. The van der Waals surface area contributed by atoms with Crippen molar-refractivity contribution in [1.29, 1.82) is 0 Å². The van der Waals surface area contributed by atoms with Crippen LogP contribution in [0, 0.1) is 0 Å². The quantitative estimate of drug-likeness (QED) is 0.812. The fraction of sp³-hybridized carbons (Fsp3) is 0.769. The van der Waals surface area contributed by atoms with Crippen molar-refractivity contribution >= 4 is 11.3 Å². The van der Waals surface area contributed by atoms with E-state index in [-0.39, 0.29) is 5.60 Å². The van der Waals surface area contributed by atoms with E-state index in [2.05, 4.69) is 17.2 Å². The summed E-state index contributed by atoms with van der Waals surface area (Å²) in [5, 5.41) is 3.58. The number of methoxy groups -OCH3 is 1. The lowest BCUT2D eigenvalue weighted by Crippen LogP contribution is -2.46. The molecule has 0 bridgehead atoms. The maximum atomic E-state index is 5.72. The predicted octanol–water partition coefficient (Wildman–Crippen LogP) is 2.62. The molecule has 4 heteroatoms. The van der Waals surface area contributed by atoms with E-state index in [0.717, 1.165) is 19.4 Å². The van der Waals surface area contributed by atoms with Crippen LogP contribution in [0.5, 0.6) is 0 Å². The first-order chi connectivity index (χ1) is 8.28. The molecule has 1 fully saturated rings. The van der Waals surface area contributed by atoms with E-state index >= 15 is 0 Å². The van der Waals surface area contributed by atoms with Gasteiger partial charge in [0, 0.05) is 24.2 Å². The standard InChI is InChI=1S/C13H22N2OS/c1-3-15-11(7-12-9-14-10-17-12)8-13(16-2)5-4-6-13/h9-11,15H,3-8H2,1-2H3. The Morgan fingerprint density at radius 3 is 2.88 bits per heavy atom. The van der Waals surface area contributed by atoms with Crippen LogP contribution in [-0.4, -0.2) is 30.3 Å². The Hall–Kier alpha value is -0.450. The fourth-order valence-electron chi connectivity index (χ4n) is 2.60. The summed E-state index contributed by atoms with van der Waals surface area (Å²) in [6, 6.07) is 0.515. The van der Waals surface area contributed by atoms with Crippen molar-refractivity contribution in [2.45, 2.75) is 50.7 Å². The molecule has 0 spiro atoms. The highest BCUT2D eigenvalue weighted by Crippen LogP contribution is 2.39. The molecular weight excluding hydrogens is 232 g/mol. The molecule has 2 rings (SSSR count). The molecule has 17 heavy (non-hydrogen) atoms. The molecule has 0 radical (unpaired) electrons.